The van der Waals surface area contributed by atoms with Crippen LogP contribution in [-0.4, -0.2) is 14.9 Å². The maximum Gasteiger partial charge on any atom is 0.0996 e. The van der Waals surface area contributed by atoms with Gasteiger partial charge in [0.1, 0.15) is 0 Å². The molecule has 4 heteroatoms. The molecule has 0 aliphatic heterocycles. The van der Waals surface area contributed by atoms with Gasteiger partial charge in [0.05, 0.1) is 22.5 Å². The average molecular weight is 343 g/mol. The summed E-state index contributed by atoms with van der Waals surface area (Å²) in [5.41, 5.74) is 1.34. The molecule has 1 aliphatic carbocycles. The zero-order chi connectivity index (χ0) is 14.9. The van der Waals surface area contributed by atoms with Crippen LogP contribution in [0.1, 0.15) is 65.2 Å². The van der Waals surface area contributed by atoms with Gasteiger partial charge in [-0.3, -0.25) is 4.68 Å². The molecule has 1 aromatic heterocycles. The molecule has 0 saturated heterocycles. The predicted octanol–water partition coefficient (Wildman–Crippen LogP) is 4.55. The summed E-state index contributed by atoms with van der Waals surface area (Å²) in [5.74, 6) is 1.15. The van der Waals surface area contributed by atoms with E-state index in [2.05, 4.69) is 48.7 Å². The number of hydrogen-bond acceptors (Lipinski definition) is 2. The highest BCUT2D eigenvalue weighted by molar-refractivity contribution is 9.10. The third-order valence-corrected chi connectivity index (χ3v) is 5.47. The summed E-state index contributed by atoms with van der Waals surface area (Å²) in [7, 11) is 0. The van der Waals surface area contributed by atoms with Crippen LogP contribution in [0.2, 0.25) is 0 Å². The highest BCUT2D eigenvalue weighted by Gasteiger charge is 2.34. The van der Waals surface area contributed by atoms with Crippen molar-refractivity contribution >= 4 is 15.9 Å². The molecule has 0 bridgehead atoms. The first kappa shape index (κ1) is 16.0. The highest BCUT2D eigenvalue weighted by atomic mass is 79.9. The van der Waals surface area contributed by atoms with Gasteiger partial charge >= 0.3 is 0 Å². The minimum Gasteiger partial charge on any atom is -0.386 e. The average Bonchev–Trinajstić information content (AvgIpc) is 2.78. The Labute approximate surface area is 130 Å². The Morgan fingerprint density at radius 3 is 2.45 bits per heavy atom. The number of hydrogen-bond donors (Lipinski definition) is 1. The molecule has 1 fully saturated rings. The van der Waals surface area contributed by atoms with Crippen molar-refractivity contribution in [3.05, 3.63) is 16.4 Å². The fourth-order valence-corrected chi connectivity index (χ4v) is 3.97. The maximum atomic E-state index is 10.7. The molecule has 1 unspecified atom stereocenters. The Balaban J connectivity index is 2.05. The molecule has 3 nitrogen and oxygen atoms in total. The number of aromatic nitrogens is 2. The van der Waals surface area contributed by atoms with Crippen LogP contribution in [0.25, 0.3) is 0 Å². The van der Waals surface area contributed by atoms with Crippen molar-refractivity contribution in [3.63, 3.8) is 0 Å². The van der Waals surface area contributed by atoms with E-state index in [0.29, 0.717) is 11.3 Å². The molecule has 1 N–H and O–H groups in total. The summed E-state index contributed by atoms with van der Waals surface area (Å²) in [5, 5.41) is 15.0. The summed E-state index contributed by atoms with van der Waals surface area (Å²) in [6, 6.07) is 0. The molecular weight excluding hydrogens is 316 g/mol. The van der Waals surface area contributed by atoms with Crippen LogP contribution in [0.5, 0.6) is 0 Å². The molecule has 0 amide bonds. The van der Waals surface area contributed by atoms with Crippen molar-refractivity contribution in [2.75, 3.05) is 0 Å². The van der Waals surface area contributed by atoms with Gasteiger partial charge in [0.15, 0.2) is 0 Å². The maximum absolute atomic E-state index is 10.7. The lowest BCUT2D eigenvalue weighted by atomic mass is 9.68. The smallest absolute Gasteiger partial charge is 0.0996 e. The third kappa shape index (κ3) is 3.28. The van der Waals surface area contributed by atoms with Gasteiger partial charge in [0.2, 0.25) is 0 Å². The molecule has 114 valence electrons. The van der Waals surface area contributed by atoms with Crippen LogP contribution < -0.4 is 0 Å². The molecular formula is C16H27BrN2O. The van der Waals surface area contributed by atoms with Crippen molar-refractivity contribution in [2.45, 2.75) is 66.0 Å². The Bertz CT molecular complexity index is 442. The van der Waals surface area contributed by atoms with Gasteiger partial charge in [0, 0.05) is 6.54 Å². The van der Waals surface area contributed by atoms with Crippen LogP contribution in [0.15, 0.2) is 10.7 Å². The lowest BCUT2D eigenvalue weighted by Gasteiger charge is -2.38. The zero-order valence-corrected chi connectivity index (χ0v) is 14.7. The van der Waals surface area contributed by atoms with E-state index in [1.165, 1.54) is 12.8 Å². The van der Waals surface area contributed by atoms with Gasteiger partial charge in [0.25, 0.3) is 0 Å². The molecule has 1 atom stereocenters. The van der Waals surface area contributed by atoms with E-state index < -0.39 is 6.10 Å². The molecule has 0 radical (unpaired) electrons. The molecule has 0 aromatic carbocycles. The van der Waals surface area contributed by atoms with Crippen molar-refractivity contribution in [3.8, 4) is 0 Å². The van der Waals surface area contributed by atoms with Crippen molar-refractivity contribution in [2.24, 2.45) is 17.3 Å². The van der Waals surface area contributed by atoms with E-state index >= 15 is 0 Å². The van der Waals surface area contributed by atoms with Crippen LogP contribution in [-0.2, 0) is 6.54 Å². The Hall–Kier alpha value is -0.350. The Morgan fingerprint density at radius 1 is 1.35 bits per heavy atom. The third-order valence-electron chi connectivity index (χ3n) is 4.86. The number of aliphatic hydroxyl groups is 1. The van der Waals surface area contributed by atoms with E-state index in [4.69, 9.17) is 0 Å². The lowest BCUT2D eigenvalue weighted by Crippen LogP contribution is -2.28. The number of rotatable bonds is 3. The molecule has 1 aliphatic rings. The van der Waals surface area contributed by atoms with E-state index in [0.717, 1.165) is 35.5 Å². The summed E-state index contributed by atoms with van der Waals surface area (Å²) < 4.78 is 2.84. The summed E-state index contributed by atoms with van der Waals surface area (Å²) >= 11 is 3.53. The minimum atomic E-state index is -0.396. The number of aryl methyl sites for hydroxylation is 1. The first-order valence-corrected chi connectivity index (χ1v) is 8.53. The number of halogens is 1. The second kappa shape index (κ2) is 6.18. The molecule has 0 spiro atoms. The highest BCUT2D eigenvalue weighted by Crippen LogP contribution is 2.44. The van der Waals surface area contributed by atoms with Gasteiger partial charge in [-0.1, -0.05) is 20.8 Å². The minimum absolute atomic E-state index is 0.367. The van der Waals surface area contributed by atoms with Crippen molar-refractivity contribution in [1.82, 2.24) is 9.78 Å². The van der Waals surface area contributed by atoms with Gasteiger partial charge in [-0.15, -0.1) is 0 Å². The fourth-order valence-electron chi connectivity index (χ4n) is 3.44. The molecule has 2 rings (SSSR count). The SMILES string of the molecule is CCn1ncc(Br)c1C(O)C1CCC(C(C)(C)C)CC1. The van der Waals surface area contributed by atoms with Crippen LogP contribution in [0.3, 0.4) is 0 Å². The molecule has 1 aromatic rings. The van der Waals surface area contributed by atoms with Crippen LogP contribution >= 0.6 is 15.9 Å². The molecule has 20 heavy (non-hydrogen) atoms. The number of aliphatic hydroxyl groups excluding tert-OH is 1. The molecule has 1 heterocycles. The van der Waals surface area contributed by atoms with E-state index in [1.54, 1.807) is 6.20 Å². The fraction of sp³-hybridized carbons (Fsp3) is 0.812. The standard InChI is InChI=1S/C16H27BrN2O/c1-5-19-14(13(17)10-18-19)15(20)11-6-8-12(9-7-11)16(2,3)4/h10-12,15,20H,5-9H2,1-4H3. The first-order valence-electron chi connectivity index (χ1n) is 7.73. The normalized spacial score (nSPS) is 25.7. The topological polar surface area (TPSA) is 38.0 Å². The summed E-state index contributed by atoms with van der Waals surface area (Å²) in [4.78, 5) is 0. The van der Waals surface area contributed by atoms with Crippen LogP contribution in [0.4, 0.5) is 0 Å². The van der Waals surface area contributed by atoms with Crippen LogP contribution in [0, 0.1) is 17.3 Å². The first-order chi connectivity index (χ1) is 9.34. The second-order valence-electron chi connectivity index (χ2n) is 7.12. The molecule has 1 saturated carbocycles. The lowest BCUT2D eigenvalue weighted by molar-refractivity contribution is 0.0469. The predicted molar refractivity (Wildman–Crippen MR) is 85.5 cm³/mol. The quantitative estimate of drug-likeness (QED) is 0.874. The van der Waals surface area contributed by atoms with Gasteiger partial charge in [-0.25, -0.2) is 0 Å². The van der Waals surface area contributed by atoms with Gasteiger partial charge < -0.3 is 5.11 Å². The largest absolute Gasteiger partial charge is 0.386 e. The number of nitrogens with zero attached hydrogens (tertiary/aromatic N) is 2. The summed E-state index contributed by atoms with van der Waals surface area (Å²) in [6.07, 6.45) is 6.08. The van der Waals surface area contributed by atoms with Gasteiger partial charge in [-0.05, 0) is 65.8 Å². The van der Waals surface area contributed by atoms with Gasteiger partial charge in [-0.2, -0.15) is 5.10 Å². The van der Waals surface area contributed by atoms with Crippen molar-refractivity contribution < 1.29 is 5.11 Å². The van der Waals surface area contributed by atoms with E-state index in [9.17, 15) is 5.11 Å². The summed E-state index contributed by atoms with van der Waals surface area (Å²) in [6.45, 7) is 9.85. The second-order valence-corrected chi connectivity index (χ2v) is 7.97. The van der Waals surface area contributed by atoms with Crippen molar-refractivity contribution in [1.29, 1.82) is 0 Å². The Kier molecular flexibility index (Phi) is 4.96. The Morgan fingerprint density at radius 2 is 1.95 bits per heavy atom. The monoisotopic (exact) mass is 342 g/mol. The van der Waals surface area contributed by atoms with E-state index in [-0.39, 0.29) is 0 Å². The zero-order valence-electron chi connectivity index (χ0n) is 13.1. The van der Waals surface area contributed by atoms with E-state index in [1.807, 2.05) is 4.68 Å².